The molecule has 0 aromatic rings. The highest BCUT2D eigenvalue weighted by Gasteiger charge is 2.29. The average molecular weight is 188 g/mol. The van der Waals surface area contributed by atoms with Crippen molar-refractivity contribution in [3.8, 4) is 0 Å². The highest BCUT2D eigenvalue weighted by molar-refractivity contribution is 5.74. The minimum absolute atomic E-state index is 0.351. The molecule has 0 aromatic heterocycles. The Hall–Kier alpha value is -0.650. The van der Waals surface area contributed by atoms with E-state index in [-0.39, 0.29) is 6.04 Å². The van der Waals surface area contributed by atoms with E-state index < -0.39 is 12.0 Å². The number of hydrogen-bond donors (Lipinski definition) is 2. The molecule has 0 aliphatic carbocycles. The fraction of sp³-hybridized carbons (Fsp3) is 0.875. The summed E-state index contributed by atoms with van der Waals surface area (Å²) in [5.41, 5.74) is 5.61. The summed E-state index contributed by atoms with van der Waals surface area (Å²) in [7, 11) is 0. The van der Waals surface area contributed by atoms with Crippen molar-refractivity contribution in [2.45, 2.75) is 19.0 Å². The van der Waals surface area contributed by atoms with Crippen molar-refractivity contribution in [3.63, 3.8) is 0 Å². The molecule has 0 amide bonds. The molecular formula is C8H16N2O3. The summed E-state index contributed by atoms with van der Waals surface area (Å²) < 4.78 is 5.13. The number of rotatable bonds is 3. The molecule has 5 heteroatoms. The average Bonchev–Trinajstić information content (AvgIpc) is 2.04. The highest BCUT2D eigenvalue weighted by Crippen LogP contribution is 2.06. The van der Waals surface area contributed by atoms with Crippen molar-refractivity contribution in [2.24, 2.45) is 5.73 Å². The van der Waals surface area contributed by atoms with Crippen molar-refractivity contribution < 1.29 is 14.6 Å². The Morgan fingerprint density at radius 1 is 1.54 bits per heavy atom. The Bertz CT molecular complexity index is 178. The number of morpholine rings is 1. The van der Waals surface area contributed by atoms with Crippen molar-refractivity contribution in [1.82, 2.24) is 4.90 Å². The van der Waals surface area contributed by atoms with E-state index in [1.165, 1.54) is 0 Å². The fourth-order valence-electron chi connectivity index (χ4n) is 1.57. The van der Waals surface area contributed by atoms with Gasteiger partial charge in [0.05, 0.1) is 13.2 Å². The number of nitrogens with zero attached hydrogens (tertiary/aromatic N) is 1. The predicted molar refractivity (Wildman–Crippen MR) is 47.5 cm³/mol. The molecule has 1 fully saturated rings. The SMILES string of the molecule is CC(N)C(C(=O)O)N1CCOCC1. The third kappa shape index (κ3) is 2.65. The van der Waals surface area contributed by atoms with Crippen LogP contribution in [-0.2, 0) is 9.53 Å². The van der Waals surface area contributed by atoms with Crippen LogP contribution in [0.1, 0.15) is 6.92 Å². The van der Waals surface area contributed by atoms with E-state index in [0.717, 1.165) is 0 Å². The van der Waals surface area contributed by atoms with Crippen molar-refractivity contribution in [3.05, 3.63) is 0 Å². The second-order valence-corrected chi connectivity index (χ2v) is 3.29. The fourth-order valence-corrected chi connectivity index (χ4v) is 1.57. The van der Waals surface area contributed by atoms with Crippen LogP contribution in [0.15, 0.2) is 0 Å². The lowest BCUT2D eigenvalue weighted by molar-refractivity contribution is -0.145. The van der Waals surface area contributed by atoms with E-state index in [2.05, 4.69) is 0 Å². The number of nitrogens with two attached hydrogens (primary N) is 1. The molecule has 0 aromatic carbocycles. The van der Waals surface area contributed by atoms with Crippen LogP contribution in [0.3, 0.4) is 0 Å². The molecule has 1 aliphatic heterocycles. The lowest BCUT2D eigenvalue weighted by Gasteiger charge is -2.33. The minimum Gasteiger partial charge on any atom is -0.480 e. The summed E-state index contributed by atoms with van der Waals surface area (Å²) in [5.74, 6) is -0.850. The molecule has 1 rings (SSSR count). The lowest BCUT2D eigenvalue weighted by Crippen LogP contribution is -2.54. The molecule has 0 bridgehead atoms. The molecule has 1 aliphatic rings. The van der Waals surface area contributed by atoms with Gasteiger partial charge in [-0.3, -0.25) is 9.69 Å². The molecule has 0 spiro atoms. The third-order valence-electron chi connectivity index (χ3n) is 2.19. The number of hydrogen-bond acceptors (Lipinski definition) is 4. The Morgan fingerprint density at radius 3 is 2.46 bits per heavy atom. The lowest BCUT2D eigenvalue weighted by atomic mass is 10.1. The quantitative estimate of drug-likeness (QED) is 0.601. The van der Waals surface area contributed by atoms with Crippen LogP contribution in [0.2, 0.25) is 0 Å². The van der Waals surface area contributed by atoms with Gasteiger partial charge in [-0.15, -0.1) is 0 Å². The zero-order valence-corrected chi connectivity index (χ0v) is 7.77. The van der Waals surface area contributed by atoms with Crippen LogP contribution in [-0.4, -0.2) is 54.4 Å². The number of carboxylic acids is 1. The number of carboxylic acid groups (broad SMARTS) is 1. The maximum atomic E-state index is 10.9. The summed E-state index contributed by atoms with van der Waals surface area (Å²) >= 11 is 0. The molecule has 2 atom stereocenters. The van der Waals surface area contributed by atoms with Gasteiger partial charge in [-0.25, -0.2) is 0 Å². The summed E-state index contributed by atoms with van der Waals surface area (Å²) in [6.07, 6.45) is 0. The third-order valence-corrected chi connectivity index (χ3v) is 2.19. The number of aliphatic carboxylic acids is 1. The van der Waals surface area contributed by atoms with Gasteiger partial charge < -0.3 is 15.6 Å². The first-order valence-electron chi connectivity index (χ1n) is 4.43. The van der Waals surface area contributed by atoms with E-state index in [9.17, 15) is 4.79 Å². The highest BCUT2D eigenvalue weighted by atomic mass is 16.5. The molecule has 2 unspecified atom stereocenters. The van der Waals surface area contributed by atoms with Gasteiger partial charge in [-0.2, -0.15) is 0 Å². The monoisotopic (exact) mass is 188 g/mol. The number of carbonyl (C=O) groups is 1. The van der Waals surface area contributed by atoms with Gasteiger partial charge >= 0.3 is 5.97 Å². The Labute approximate surface area is 77.5 Å². The van der Waals surface area contributed by atoms with Crippen LogP contribution < -0.4 is 5.73 Å². The zero-order valence-electron chi connectivity index (χ0n) is 7.77. The molecule has 3 N–H and O–H groups in total. The smallest absolute Gasteiger partial charge is 0.322 e. The Morgan fingerprint density at radius 2 is 2.08 bits per heavy atom. The van der Waals surface area contributed by atoms with Crippen molar-refractivity contribution >= 4 is 5.97 Å². The molecular weight excluding hydrogens is 172 g/mol. The van der Waals surface area contributed by atoms with E-state index in [0.29, 0.717) is 26.3 Å². The van der Waals surface area contributed by atoms with E-state index in [4.69, 9.17) is 15.6 Å². The largest absolute Gasteiger partial charge is 0.480 e. The Balaban J connectivity index is 2.57. The van der Waals surface area contributed by atoms with Crippen LogP contribution >= 0.6 is 0 Å². The van der Waals surface area contributed by atoms with E-state index in [1.807, 2.05) is 4.90 Å². The van der Waals surface area contributed by atoms with Gasteiger partial charge in [-0.05, 0) is 6.92 Å². The van der Waals surface area contributed by atoms with Gasteiger partial charge in [0.25, 0.3) is 0 Å². The van der Waals surface area contributed by atoms with E-state index >= 15 is 0 Å². The minimum atomic E-state index is -0.850. The standard InChI is InChI=1S/C8H16N2O3/c1-6(9)7(8(11)12)10-2-4-13-5-3-10/h6-7H,2-5,9H2,1H3,(H,11,12). The topological polar surface area (TPSA) is 75.8 Å². The Kier molecular flexibility index (Phi) is 3.65. The maximum absolute atomic E-state index is 10.9. The van der Waals surface area contributed by atoms with Gasteiger partial charge in [0.15, 0.2) is 0 Å². The molecule has 1 heterocycles. The van der Waals surface area contributed by atoms with Gasteiger partial charge in [0.2, 0.25) is 0 Å². The first-order valence-corrected chi connectivity index (χ1v) is 4.43. The summed E-state index contributed by atoms with van der Waals surface area (Å²) in [4.78, 5) is 12.7. The summed E-state index contributed by atoms with van der Waals surface area (Å²) in [6.45, 7) is 4.21. The van der Waals surface area contributed by atoms with Crippen LogP contribution in [0.4, 0.5) is 0 Å². The van der Waals surface area contributed by atoms with Gasteiger partial charge in [-0.1, -0.05) is 0 Å². The molecule has 1 saturated heterocycles. The van der Waals surface area contributed by atoms with Crippen LogP contribution in [0.5, 0.6) is 0 Å². The summed E-state index contributed by atoms with van der Waals surface area (Å²) in [5, 5.41) is 8.93. The molecule has 13 heavy (non-hydrogen) atoms. The van der Waals surface area contributed by atoms with Crippen molar-refractivity contribution in [2.75, 3.05) is 26.3 Å². The van der Waals surface area contributed by atoms with Gasteiger partial charge in [0, 0.05) is 19.1 Å². The van der Waals surface area contributed by atoms with E-state index in [1.54, 1.807) is 6.92 Å². The molecule has 76 valence electrons. The first kappa shape index (κ1) is 10.4. The number of ether oxygens (including phenoxy) is 1. The molecule has 5 nitrogen and oxygen atoms in total. The van der Waals surface area contributed by atoms with Crippen molar-refractivity contribution in [1.29, 1.82) is 0 Å². The molecule has 0 radical (unpaired) electrons. The van der Waals surface area contributed by atoms with Gasteiger partial charge in [0.1, 0.15) is 6.04 Å². The maximum Gasteiger partial charge on any atom is 0.322 e. The second-order valence-electron chi connectivity index (χ2n) is 3.29. The zero-order chi connectivity index (χ0) is 9.84. The van der Waals surface area contributed by atoms with Crippen LogP contribution in [0, 0.1) is 0 Å². The summed E-state index contributed by atoms with van der Waals surface area (Å²) in [6, 6.07) is -0.931. The molecule has 0 saturated carbocycles. The van der Waals surface area contributed by atoms with Crippen LogP contribution in [0.25, 0.3) is 0 Å². The first-order chi connectivity index (χ1) is 6.13. The normalized spacial score (nSPS) is 23.8. The second kappa shape index (κ2) is 4.55. The predicted octanol–water partition coefficient (Wildman–Crippen LogP) is -0.881.